The minimum Gasteiger partial charge on any atom is -0.481 e. The van der Waals surface area contributed by atoms with Crippen molar-refractivity contribution in [3.05, 3.63) is 70.0 Å². The van der Waals surface area contributed by atoms with E-state index in [9.17, 15) is 24.3 Å². The SMILES string of the molecule is CC(Cc1ccc(Cl)cc1CC(=O)O)N1CCC(C#N)(Cc2ccc(F)cc2)C(=O)C1. The average molecular weight is 443 g/mol. The Hall–Kier alpha value is -2.75. The second-order valence-electron chi connectivity index (χ2n) is 8.18. The van der Waals surface area contributed by atoms with Gasteiger partial charge in [-0.25, -0.2) is 4.39 Å². The monoisotopic (exact) mass is 442 g/mol. The van der Waals surface area contributed by atoms with Gasteiger partial charge in [-0.15, -0.1) is 0 Å². The fraction of sp³-hybridized carbons (Fsp3) is 0.375. The Balaban J connectivity index is 1.70. The van der Waals surface area contributed by atoms with Crippen LogP contribution in [0.1, 0.15) is 30.0 Å². The first-order valence-electron chi connectivity index (χ1n) is 10.1. The molecule has 0 bridgehead atoms. The van der Waals surface area contributed by atoms with E-state index in [-0.39, 0.29) is 37.0 Å². The molecule has 0 spiro atoms. The minimum absolute atomic E-state index is 0.0137. The molecule has 0 aromatic heterocycles. The van der Waals surface area contributed by atoms with Gasteiger partial charge in [-0.05, 0) is 67.1 Å². The Kier molecular flexibility index (Phi) is 7.09. The molecule has 1 heterocycles. The number of likely N-dealkylation sites (tertiary alicyclic amines) is 1. The molecule has 1 aliphatic heterocycles. The van der Waals surface area contributed by atoms with E-state index in [1.54, 1.807) is 24.3 Å². The van der Waals surface area contributed by atoms with E-state index >= 15 is 0 Å². The molecule has 0 radical (unpaired) electrons. The molecule has 1 N–H and O–H groups in total. The summed E-state index contributed by atoms with van der Waals surface area (Å²) in [6.45, 7) is 2.72. The molecule has 0 aliphatic carbocycles. The van der Waals surface area contributed by atoms with Crippen molar-refractivity contribution in [2.45, 2.75) is 38.6 Å². The van der Waals surface area contributed by atoms with E-state index < -0.39 is 11.4 Å². The largest absolute Gasteiger partial charge is 0.481 e. The topological polar surface area (TPSA) is 81.4 Å². The van der Waals surface area contributed by atoms with Gasteiger partial charge in [0.25, 0.3) is 0 Å². The Morgan fingerprint density at radius 3 is 2.61 bits per heavy atom. The number of aliphatic carboxylic acids is 1. The lowest BCUT2D eigenvalue weighted by atomic mass is 9.73. The number of benzene rings is 2. The molecule has 0 amide bonds. The molecule has 31 heavy (non-hydrogen) atoms. The lowest BCUT2D eigenvalue weighted by molar-refractivity contribution is -0.136. The number of halogens is 2. The molecular formula is C24H24ClFN2O3. The maximum Gasteiger partial charge on any atom is 0.307 e. The van der Waals surface area contributed by atoms with E-state index in [0.717, 1.165) is 11.1 Å². The molecular weight excluding hydrogens is 419 g/mol. The van der Waals surface area contributed by atoms with Crippen molar-refractivity contribution < 1.29 is 19.1 Å². The summed E-state index contributed by atoms with van der Waals surface area (Å²) < 4.78 is 13.2. The Labute approximate surface area is 186 Å². The number of rotatable bonds is 7. The van der Waals surface area contributed by atoms with Crippen LogP contribution in [0, 0.1) is 22.6 Å². The van der Waals surface area contributed by atoms with Gasteiger partial charge in [0.15, 0.2) is 5.78 Å². The normalized spacial score (nSPS) is 20.3. The second-order valence-corrected chi connectivity index (χ2v) is 8.61. The maximum absolute atomic E-state index is 13.2. The first-order chi connectivity index (χ1) is 14.7. The van der Waals surface area contributed by atoms with Crippen LogP contribution in [0.3, 0.4) is 0 Å². The molecule has 1 fully saturated rings. The van der Waals surface area contributed by atoms with Crippen molar-refractivity contribution in [3.63, 3.8) is 0 Å². The highest BCUT2D eigenvalue weighted by molar-refractivity contribution is 6.30. The summed E-state index contributed by atoms with van der Waals surface area (Å²) in [7, 11) is 0. The summed E-state index contributed by atoms with van der Waals surface area (Å²) in [6.07, 6.45) is 1.12. The highest BCUT2D eigenvalue weighted by atomic mass is 35.5. The third-order valence-corrected chi connectivity index (χ3v) is 6.22. The summed E-state index contributed by atoms with van der Waals surface area (Å²) in [5, 5.41) is 19.5. The fourth-order valence-electron chi connectivity index (χ4n) is 4.13. The predicted octanol–water partition coefficient (Wildman–Crippen LogP) is 4.06. The molecule has 1 saturated heterocycles. The van der Waals surface area contributed by atoms with Crippen molar-refractivity contribution in [2.75, 3.05) is 13.1 Å². The van der Waals surface area contributed by atoms with E-state index in [4.69, 9.17) is 11.6 Å². The quantitative estimate of drug-likeness (QED) is 0.699. The van der Waals surface area contributed by atoms with Crippen LogP contribution < -0.4 is 0 Å². The van der Waals surface area contributed by atoms with Gasteiger partial charge in [0.05, 0.1) is 19.0 Å². The molecule has 2 aromatic carbocycles. The van der Waals surface area contributed by atoms with Crippen molar-refractivity contribution in [1.29, 1.82) is 5.26 Å². The highest BCUT2D eigenvalue weighted by Gasteiger charge is 2.43. The highest BCUT2D eigenvalue weighted by Crippen LogP contribution is 2.33. The number of nitrogens with zero attached hydrogens (tertiary/aromatic N) is 2. The fourth-order valence-corrected chi connectivity index (χ4v) is 4.32. The standard InChI is InChI=1S/C24H24ClFN2O3/c1-16(10-18-4-5-20(25)11-19(18)12-23(30)31)28-9-8-24(15-27,22(29)14-28)13-17-2-6-21(26)7-3-17/h2-7,11,16H,8-10,12-14H2,1H3,(H,30,31). The van der Waals surface area contributed by atoms with Crippen molar-refractivity contribution in [3.8, 4) is 6.07 Å². The Morgan fingerprint density at radius 1 is 1.29 bits per heavy atom. The molecule has 1 aliphatic rings. The Bertz CT molecular complexity index is 1020. The Morgan fingerprint density at radius 2 is 2.00 bits per heavy atom. The molecule has 5 nitrogen and oxygen atoms in total. The summed E-state index contributed by atoms with van der Waals surface area (Å²) >= 11 is 6.03. The van der Waals surface area contributed by atoms with Crippen LogP contribution >= 0.6 is 11.6 Å². The molecule has 2 aromatic rings. The first kappa shape index (κ1) is 22.9. The van der Waals surface area contributed by atoms with Crippen LogP contribution in [0.15, 0.2) is 42.5 Å². The number of hydrogen-bond acceptors (Lipinski definition) is 4. The molecule has 2 unspecified atom stereocenters. The smallest absolute Gasteiger partial charge is 0.307 e. The zero-order valence-corrected chi connectivity index (χ0v) is 18.0. The van der Waals surface area contributed by atoms with E-state index in [2.05, 4.69) is 6.07 Å². The number of carbonyl (C=O) groups is 2. The van der Waals surface area contributed by atoms with Crippen LogP contribution in [0.5, 0.6) is 0 Å². The minimum atomic E-state index is -1.11. The van der Waals surface area contributed by atoms with Gasteiger partial charge >= 0.3 is 5.97 Å². The number of ketones is 1. The van der Waals surface area contributed by atoms with E-state index in [0.29, 0.717) is 30.0 Å². The lowest BCUT2D eigenvalue weighted by Crippen LogP contribution is -2.51. The lowest BCUT2D eigenvalue weighted by Gasteiger charge is -2.39. The third-order valence-electron chi connectivity index (χ3n) is 5.99. The third kappa shape index (κ3) is 5.49. The number of hydrogen-bond donors (Lipinski definition) is 1. The van der Waals surface area contributed by atoms with Gasteiger partial charge in [-0.3, -0.25) is 14.5 Å². The van der Waals surface area contributed by atoms with E-state index in [1.165, 1.54) is 12.1 Å². The van der Waals surface area contributed by atoms with Crippen molar-refractivity contribution >= 4 is 23.4 Å². The van der Waals surface area contributed by atoms with Gasteiger partial charge < -0.3 is 5.11 Å². The second kappa shape index (κ2) is 9.59. The van der Waals surface area contributed by atoms with Crippen LogP contribution in [-0.4, -0.2) is 40.9 Å². The molecule has 2 atom stereocenters. The average Bonchev–Trinajstić information content (AvgIpc) is 2.72. The van der Waals surface area contributed by atoms with Crippen LogP contribution in [0.25, 0.3) is 0 Å². The number of piperidine rings is 1. The van der Waals surface area contributed by atoms with E-state index in [1.807, 2.05) is 17.9 Å². The van der Waals surface area contributed by atoms with Crippen LogP contribution in [-0.2, 0) is 28.9 Å². The number of nitriles is 1. The van der Waals surface area contributed by atoms with Gasteiger partial charge in [-0.1, -0.05) is 29.8 Å². The van der Waals surface area contributed by atoms with Crippen LogP contribution in [0.4, 0.5) is 4.39 Å². The first-order valence-corrected chi connectivity index (χ1v) is 10.5. The molecule has 162 valence electrons. The number of carboxylic acid groups (broad SMARTS) is 1. The molecule has 3 rings (SSSR count). The summed E-state index contributed by atoms with van der Waals surface area (Å²) in [5.74, 6) is -1.42. The molecule has 7 heteroatoms. The van der Waals surface area contributed by atoms with Gasteiger partial charge in [-0.2, -0.15) is 5.26 Å². The number of carboxylic acids is 1. The van der Waals surface area contributed by atoms with Gasteiger partial charge in [0.1, 0.15) is 11.2 Å². The summed E-state index contributed by atoms with van der Waals surface area (Å²) in [5.41, 5.74) is 1.20. The van der Waals surface area contributed by atoms with Gasteiger partial charge in [0, 0.05) is 17.6 Å². The number of Topliss-reactive ketones (excluding diaryl/α,β-unsaturated/α-hetero) is 1. The zero-order valence-electron chi connectivity index (χ0n) is 17.3. The van der Waals surface area contributed by atoms with Gasteiger partial charge in [0.2, 0.25) is 0 Å². The van der Waals surface area contributed by atoms with Crippen LogP contribution in [0.2, 0.25) is 5.02 Å². The zero-order chi connectivity index (χ0) is 22.6. The summed E-state index contributed by atoms with van der Waals surface area (Å²) in [6, 6.07) is 13.3. The summed E-state index contributed by atoms with van der Waals surface area (Å²) in [4.78, 5) is 26.2. The molecule has 0 saturated carbocycles. The maximum atomic E-state index is 13.2. The predicted molar refractivity (Wildman–Crippen MR) is 115 cm³/mol. The number of carbonyl (C=O) groups excluding carboxylic acids is 1. The van der Waals surface area contributed by atoms with Crippen molar-refractivity contribution in [2.24, 2.45) is 5.41 Å². The van der Waals surface area contributed by atoms with Crippen molar-refractivity contribution in [1.82, 2.24) is 4.90 Å².